The molecule has 6 nitrogen and oxygen atoms in total. The molecule has 2 aliphatic rings. The molecule has 2 N–H and O–H groups in total. The molecule has 0 radical (unpaired) electrons. The van der Waals surface area contributed by atoms with Crippen LogP contribution < -0.4 is 10.5 Å². The molecule has 2 atom stereocenters. The van der Waals surface area contributed by atoms with Crippen LogP contribution in [0.1, 0.15) is 62.2 Å². The van der Waals surface area contributed by atoms with Gasteiger partial charge in [-0.1, -0.05) is 17.7 Å². The number of nitrogens with zero attached hydrogens (tertiary/aromatic N) is 1. The van der Waals surface area contributed by atoms with Crippen molar-refractivity contribution in [3.8, 4) is 5.75 Å². The van der Waals surface area contributed by atoms with Crippen molar-refractivity contribution >= 4 is 29.3 Å². The Bertz CT molecular complexity index is 1190. The van der Waals surface area contributed by atoms with Crippen LogP contribution in [0.15, 0.2) is 47.0 Å². The first-order valence-electron chi connectivity index (χ1n) is 11.4. The first-order chi connectivity index (χ1) is 16.0. The van der Waals surface area contributed by atoms with Crippen molar-refractivity contribution in [3.05, 3.63) is 68.6 Å². The number of hydrogen-bond donors (Lipinski definition) is 1. The highest BCUT2D eigenvalue weighted by molar-refractivity contribution is 7.10. The Morgan fingerprint density at radius 3 is 2.56 bits per heavy atom. The van der Waals surface area contributed by atoms with Gasteiger partial charge in [0.2, 0.25) is 5.91 Å². The van der Waals surface area contributed by atoms with Gasteiger partial charge < -0.3 is 20.1 Å². The molecule has 7 heteroatoms. The van der Waals surface area contributed by atoms with Crippen LogP contribution in [-0.4, -0.2) is 36.0 Å². The van der Waals surface area contributed by atoms with Crippen LogP contribution in [0.2, 0.25) is 0 Å². The topological polar surface area (TPSA) is 81.9 Å². The minimum atomic E-state index is -1.19. The van der Waals surface area contributed by atoms with Crippen LogP contribution in [0.4, 0.5) is 0 Å². The summed E-state index contributed by atoms with van der Waals surface area (Å²) in [5, 5.41) is 1.93. The number of allylic oxidation sites excluding steroid dienone is 1. The standard InChI is InChI=1S/C27H32N2O4S/c1-16(2)12-18-13-19-17(14-21(18)32-6)9-10-29-20(24(30)33-26(3,4)5)15-27(23(19)29,25(28)31)22-8-7-11-34-22/h7-8,11-15,23H,9-10H2,1-6H3,(H2,28,31). The second kappa shape index (κ2) is 8.62. The zero-order valence-corrected chi connectivity index (χ0v) is 21.4. The average molecular weight is 481 g/mol. The third-order valence-corrected chi connectivity index (χ3v) is 7.23. The molecule has 34 heavy (non-hydrogen) atoms. The first kappa shape index (κ1) is 24.1. The SMILES string of the molecule is COc1cc2c(cc1C=C(C)C)C1N(CC2)C(C(=O)OC(C)(C)C)=CC1(C(N)=O)c1cccs1. The Morgan fingerprint density at radius 1 is 1.26 bits per heavy atom. The Labute approximate surface area is 205 Å². The summed E-state index contributed by atoms with van der Waals surface area (Å²) in [5.41, 5.74) is 8.82. The lowest BCUT2D eigenvalue weighted by atomic mass is 9.73. The van der Waals surface area contributed by atoms with Crippen molar-refractivity contribution in [1.29, 1.82) is 0 Å². The summed E-state index contributed by atoms with van der Waals surface area (Å²) in [6, 6.07) is 7.49. The largest absolute Gasteiger partial charge is 0.496 e. The van der Waals surface area contributed by atoms with E-state index in [9.17, 15) is 9.59 Å². The van der Waals surface area contributed by atoms with Gasteiger partial charge in [0, 0.05) is 17.0 Å². The molecular weight excluding hydrogens is 448 g/mol. The lowest BCUT2D eigenvalue weighted by molar-refractivity contribution is -0.152. The van der Waals surface area contributed by atoms with Crippen LogP contribution in [0, 0.1) is 0 Å². The fraction of sp³-hybridized carbons (Fsp3) is 0.407. The van der Waals surface area contributed by atoms with Gasteiger partial charge in [-0.3, -0.25) is 4.79 Å². The summed E-state index contributed by atoms with van der Waals surface area (Å²) in [6.07, 6.45) is 4.50. The Morgan fingerprint density at radius 2 is 2.00 bits per heavy atom. The summed E-state index contributed by atoms with van der Waals surface area (Å²) >= 11 is 1.47. The number of ether oxygens (including phenoxy) is 2. The summed E-state index contributed by atoms with van der Waals surface area (Å²) in [5.74, 6) is -0.151. The number of carbonyl (C=O) groups excluding carboxylic acids is 2. The van der Waals surface area contributed by atoms with Gasteiger partial charge in [-0.15, -0.1) is 11.3 Å². The van der Waals surface area contributed by atoms with E-state index in [4.69, 9.17) is 15.2 Å². The molecule has 180 valence electrons. The Kier molecular flexibility index (Phi) is 6.10. The number of amides is 1. The third-order valence-electron chi connectivity index (χ3n) is 6.21. The summed E-state index contributed by atoms with van der Waals surface area (Å²) in [6.45, 7) is 10.1. The van der Waals surface area contributed by atoms with Crippen LogP contribution in [-0.2, 0) is 26.2 Å². The third kappa shape index (κ3) is 4.02. The van der Waals surface area contributed by atoms with Crippen LogP contribution >= 0.6 is 11.3 Å². The number of methoxy groups -OCH3 is 1. The van der Waals surface area contributed by atoms with Gasteiger partial charge in [0.05, 0.1) is 13.2 Å². The molecule has 1 amide bonds. The lowest BCUT2D eigenvalue weighted by Crippen LogP contribution is -2.48. The van der Waals surface area contributed by atoms with Crippen LogP contribution in [0.3, 0.4) is 0 Å². The van der Waals surface area contributed by atoms with Gasteiger partial charge in [-0.25, -0.2) is 4.79 Å². The van der Waals surface area contributed by atoms with E-state index in [2.05, 4.69) is 12.1 Å². The van der Waals surface area contributed by atoms with Crippen molar-refractivity contribution in [2.45, 2.75) is 58.1 Å². The molecule has 0 fully saturated rings. The molecule has 2 unspecified atom stereocenters. The number of rotatable bonds is 5. The van der Waals surface area contributed by atoms with E-state index >= 15 is 0 Å². The van der Waals surface area contributed by atoms with E-state index in [-0.39, 0.29) is 0 Å². The monoisotopic (exact) mass is 480 g/mol. The minimum absolute atomic E-state index is 0.386. The van der Waals surface area contributed by atoms with E-state index < -0.39 is 28.9 Å². The lowest BCUT2D eigenvalue weighted by Gasteiger charge is -2.42. The van der Waals surface area contributed by atoms with E-state index in [1.54, 1.807) is 13.2 Å². The smallest absolute Gasteiger partial charge is 0.354 e. The normalized spacial score (nSPS) is 21.3. The predicted octanol–water partition coefficient (Wildman–Crippen LogP) is 4.74. The van der Waals surface area contributed by atoms with E-state index in [0.29, 0.717) is 18.7 Å². The molecular formula is C27H32N2O4S. The number of fused-ring (bicyclic) bond motifs is 3. The molecule has 3 heterocycles. The van der Waals surface area contributed by atoms with Crippen LogP contribution in [0.5, 0.6) is 5.75 Å². The van der Waals surface area contributed by atoms with Crippen molar-refractivity contribution in [2.75, 3.05) is 13.7 Å². The predicted molar refractivity (Wildman–Crippen MR) is 135 cm³/mol. The average Bonchev–Trinajstić information content (AvgIpc) is 3.38. The van der Waals surface area contributed by atoms with Crippen LogP contribution in [0.25, 0.3) is 6.08 Å². The molecule has 0 spiro atoms. The number of carbonyl (C=O) groups is 2. The van der Waals surface area contributed by atoms with Gasteiger partial charge in [0.15, 0.2) is 0 Å². The van der Waals surface area contributed by atoms with Crippen molar-refractivity contribution in [3.63, 3.8) is 0 Å². The zero-order chi connectivity index (χ0) is 24.8. The molecule has 4 rings (SSSR count). The van der Waals surface area contributed by atoms with Gasteiger partial charge in [0.1, 0.15) is 22.5 Å². The molecule has 0 saturated heterocycles. The van der Waals surface area contributed by atoms with E-state index in [1.165, 1.54) is 11.3 Å². The highest BCUT2D eigenvalue weighted by Gasteiger charge is 2.57. The van der Waals surface area contributed by atoms with Crippen molar-refractivity contribution in [1.82, 2.24) is 4.90 Å². The van der Waals surface area contributed by atoms with Crippen molar-refractivity contribution < 1.29 is 19.1 Å². The molecule has 1 aromatic carbocycles. The number of hydrogen-bond acceptors (Lipinski definition) is 6. The number of thiophene rings is 1. The number of primary amides is 1. The Balaban J connectivity index is 1.96. The zero-order valence-electron chi connectivity index (χ0n) is 20.6. The fourth-order valence-electron chi connectivity index (χ4n) is 4.95. The fourth-order valence-corrected chi connectivity index (χ4v) is 5.87. The molecule has 0 saturated carbocycles. The molecule has 0 aliphatic carbocycles. The maximum Gasteiger partial charge on any atom is 0.354 e. The molecule has 2 aliphatic heterocycles. The maximum absolute atomic E-state index is 13.3. The highest BCUT2D eigenvalue weighted by Crippen LogP contribution is 2.54. The second-order valence-electron chi connectivity index (χ2n) is 10.1. The number of esters is 1. The Hall–Kier alpha value is -3.06. The second-order valence-corrected chi connectivity index (χ2v) is 11.1. The number of benzene rings is 1. The highest BCUT2D eigenvalue weighted by atomic mass is 32.1. The van der Waals surface area contributed by atoms with E-state index in [1.807, 2.05) is 63.1 Å². The summed E-state index contributed by atoms with van der Waals surface area (Å²) in [4.78, 5) is 29.4. The molecule has 2 aromatic rings. The van der Waals surface area contributed by atoms with Gasteiger partial charge >= 0.3 is 5.97 Å². The van der Waals surface area contributed by atoms with Gasteiger partial charge in [0.25, 0.3) is 0 Å². The number of nitrogens with two attached hydrogens (primary N) is 1. The quantitative estimate of drug-likeness (QED) is 0.625. The first-order valence-corrected chi connectivity index (χ1v) is 12.3. The molecule has 1 aromatic heterocycles. The summed E-state index contributed by atoms with van der Waals surface area (Å²) < 4.78 is 11.4. The minimum Gasteiger partial charge on any atom is -0.496 e. The maximum atomic E-state index is 13.3. The van der Waals surface area contributed by atoms with Crippen molar-refractivity contribution in [2.24, 2.45) is 5.73 Å². The van der Waals surface area contributed by atoms with Gasteiger partial charge in [-0.2, -0.15) is 0 Å². The van der Waals surface area contributed by atoms with E-state index in [0.717, 1.165) is 32.9 Å². The van der Waals surface area contributed by atoms with Gasteiger partial charge in [-0.05, 0) is 81.8 Å². The molecule has 0 bridgehead atoms. The summed E-state index contributed by atoms with van der Waals surface area (Å²) in [7, 11) is 1.66.